The second-order valence-electron chi connectivity index (χ2n) is 4.41. The van der Waals surface area contributed by atoms with Crippen LogP contribution in [-0.2, 0) is 4.79 Å². The van der Waals surface area contributed by atoms with Crippen molar-refractivity contribution in [3.05, 3.63) is 64.1 Å². The van der Waals surface area contributed by atoms with Crippen molar-refractivity contribution < 1.29 is 14.7 Å². The molecule has 2 rings (SSSR count). The van der Waals surface area contributed by atoms with E-state index in [0.717, 1.165) is 0 Å². The maximum atomic E-state index is 12.1. The van der Waals surface area contributed by atoms with E-state index in [-0.39, 0.29) is 5.56 Å². The molecule has 0 spiro atoms. The lowest BCUT2D eigenvalue weighted by Crippen LogP contribution is -2.27. The number of halogens is 1. The summed E-state index contributed by atoms with van der Waals surface area (Å²) in [4.78, 5) is 23.1. The summed E-state index contributed by atoms with van der Waals surface area (Å²) in [6, 6.07) is 12.6. The van der Waals surface area contributed by atoms with Crippen molar-refractivity contribution in [3.8, 4) is 0 Å². The van der Waals surface area contributed by atoms with Gasteiger partial charge in [0.05, 0.1) is 5.56 Å². The Morgan fingerprint density at radius 2 is 1.81 bits per heavy atom. The summed E-state index contributed by atoms with van der Waals surface area (Å²) in [5.41, 5.74) is 7.02. The van der Waals surface area contributed by atoms with E-state index in [4.69, 9.17) is 10.8 Å². The molecule has 6 heteroatoms. The van der Waals surface area contributed by atoms with Crippen molar-refractivity contribution in [1.29, 1.82) is 0 Å². The Morgan fingerprint density at radius 1 is 1.14 bits per heavy atom. The van der Waals surface area contributed by atoms with Crippen LogP contribution in [0.1, 0.15) is 22.0 Å². The molecule has 21 heavy (non-hydrogen) atoms. The summed E-state index contributed by atoms with van der Waals surface area (Å²) in [7, 11) is 0. The number of rotatable bonds is 4. The highest BCUT2D eigenvalue weighted by molar-refractivity contribution is 9.10. The number of amides is 1. The molecule has 0 fully saturated rings. The number of carboxylic acid groups (broad SMARTS) is 1. The van der Waals surface area contributed by atoms with Gasteiger partial charge in [-0.1, -0.05) is 46.3 Å². The molecule has 0 radical (unpaired) electrons. The molecule has 0 unspecified atom stereocenters. The molecule has 0 bridgehead atoms. The molecular weight excluding hydrogens is 336 g/mol. The van der Waals surface area contributed by atoms with Crippen molar-refractivity contribution in [2.75, 3.05) is 5.32 Å². The summed E-state index contributed by atoms with van der Waals surface area (Å²) in [5, 5.41) is 11.6. The zero-order chi connectivity index (χ0) is 15.4. The van der Waals surface area contributed by atoms with Crippen molar-refractivity contribution in [2.24, 2.45) is 5.73 Å². The number of carbonyl (C=O) groups is 2. The maximum Gasteiger partial charge on any atom is 0.335 e. The summed E-state index contributed by atoms with van der Waals surface area (Å²) in [6.45, 7) is 0. The number of aromatic carboxylic acids is 1. The minimum absolute atomic E-state index is 0.0768. The SMILES string of the molecule is N[C@@H](C(=O)Nc1cc(Br)cc(C(=O)O)c1)c1ccccc1. The molecule has 2 aromatic rings. The quantitative estimate of drug-likeness (QED) is 0.791. The Labute approximate surface area is 129 Å². The van der Waals surface area contributed by atoms with Gasteiger partial charge in [0, 0.05) is 10.2 Å². The number of benzene rings is 2. The van der Waals surface area contributed by atoms with Crippen LogP contribution >= 0.6 is 15.9 Å². The summed E-state index contributed by atoms with van der Waals surface area (Å²) in [6.07, 6.45) is 0. The number of hydrogen-bond acceptors (Lipinski definition) is 3. The van der Waals surface area contributed by atoms with Gasteiger partial charge in [-0.2, -0.15) is 0 Å². The van der Waals surface area contributed by atoms with E-state index in [1.807, 2.05) is 6.07 Å². The average molecular weight is 349 g/mol. The largest absolute Gasteiger partial charge is 0.478 e. The number of carbonyl (C=O) groups excluding carboxylic acids is 1. The number of nitrogens with two attached hydrogens (primary N) is 1. The normalized spacial score (nSPS) is 11.7. The Bertz CT molecular complexity index is 674. The molecule has 1 amide bonds. The molecule has 1 atom stereocenters. The van der Waals surface area contributed by atoms with Crippen molar-refractivity contribution in [2.45, 2.75) is 6.04 Å². The number of nitrogens with one attached hydrogen (secondary N) is 1. The third-order valence-corrected chi connectivity index (χ3v) is 3.31. The summed E-state index contributed by atoms with van der Waals surface area (Å²) >= 11 is 3.21. The van der Waals surface area contributed by atoms with Crippen molar-refractivity contribution >= 4 is 33.5 Å². The second-order valence-corrected chi connectivity index (χ2v) is 5.33. The van der Waals surface area contributed by atoms with Gasteiger partial charge < -0.3 is 16.2 Å². The highest BCUT2D eigenvalue weighted by atomic mass is 79.9. The van der Waals surface area contributed by atoms with E-state index in [0.29, 0.717) is 15.7 Å². The van der Waals surface area contributed by atoms with Gasteiger partial charge in [-0.3, -0.25) is 4.79 Å². The predicted octanol–water partition coefficient (Wildman–Crippen LogP) is 2.79. The molecule has 0 aromatic heterocycles. The van der Waals surface area contributed by atoms with E-state index >= 15 is 0 Å². The Hall–Kier alpha value is -2.18. The second kappa shape index (κ2) is 6.51. The monoisotopic (exact) mass is 348 g/mol. The van der Waals surface area contributed by atoms with Crippen LogP contribution < -0.4 is 11.1 Å². The number of hydrogen-bond donors (Lipinski definition) is 3. The van der Waals surface area contributed by atoms with E-state index < -0.39 is 17.9 Å². The van der Waals surface area contributed by atoms with E-state index in [1.165, 1.54) is 12.1 Å². The molecule has 0 saturated heterocycles. The zero-order valence-corrected chi connectivity index (χ0v) is 12.5. The van der Waals surface area contributed by atoms with Crippen molar-refractivity contribution in [3.63, 3.8) is 0 Å². The molecule has 0 aliphatic heterocycles. The van der Waals surface area contributed by atoms with Gasteiger partial charge in [0.1, 0.15) is 6.04 Å². The fourth-order valence-corrected chi connectivity index (χ4v) is 2.31. The molecule has 0 heterocycles. The third kappa shape index (κ3) is 3.90. The smallest absolute Gasteiger partial charge is 0.335 e. The molecule has 0 aliphatic rings. The standard InChI is InChI=1S/C15H13BrN2O3/c16-11-6-10(15(20)21)7-12(8-11)18-14(19)13(17)9-4-2-1-3-5-9/h1-8,13H,17H2,(H,18,19)(H,20,21)/t13-/m1/s1. The van der Waals surface area contributed by atoms with Gasteiger partial charge in [0.15, 0.2) is 0 Å². The minimum Gasteiger partial charge on any atom is -0.478 e. The minimum atomic E-state index is -1.07. The summed E-state index contributed by atoms with van der Waals surface area (Å²) < 4.78 is 0.561. The molecule has 2 aromatic carbocycles. The van der Waals surface area contributed by atoms with Crippen molar-refractivity contribution in [1.82, 2.24) is 0 Å². The molecular formula is C15H13BrN2O3. The first-order valence-corrected chi connectivity index (χ1v) is 6.92. The summed E-state index contributed by atoms with van der Waals surface area (Å²) in [5.74, 6) is -1.48. The fraction of sp³-hybridized carbons (Fsp3) is 0.0667. The van der Waals surface area contributed by atoms with Crippen LogP contribution in [0.25, 0.3) is 0 Å². The fourth-order valence-electron chi connectivity index (χ4n) is 1.82. The van der Waals surface area contributed by atoms with Gasteiger partial charge in [0.25, 0.3) is 0 Å². The number of anilines is 1. The highest BCUT2D eigenvalue weighted by Gasteiger charge is 2.16. The van der Waals surface area contributed by atoms with Crippen LogP contribution in [0.5, 0.6) is 0 Å². The van der Waals surface area contributed by atoms with Crippen LogP contribution in [0.2, 0.25) is 0 Å². The topological polar surface area (TPSA) is 92.4 Å². The molecule has 5 nitrogen and oxygen atoms in total. The lowest BCUT2D eigenvalue weighted by atomic mass is 10.1. The predicted molar refractivity (Wildman–Crippen MR) is 83.1 cm³/mol. The Balaban J connectivity index is 2.18. The molecule has 4 N–H and O–H groups in total. The zero-order valence-electron chi connectivity index (χ0n) is 10.9. The van der Waals surface area contributed by atoms with Crippen LogP contribution in [0, 0.1) is 0 Å². The third-order valence-electron chi connectivity index (χ3n) is 2.85. The molecule has 108 valence electrons. The van der Waals surface area contributed by atoms with Gasteiger partial charge >= 0.3 is 5.97 Å². The molecule has 0 aliphatic carbocycles. The molecule has 0 saturated carbocycles. The highest BCUT2D eigenvalue weighted by Crippen LogP contribution is 2.21. The Kier molecular flexibility index (Phi) is 4.72. The van der Waals surface area contributed by atoms with Crippen LogP contribution in [0.3, 0.4) is 0 Å². The lowest BCUT2D eigenvalue weighted by Gasteiger charge is -2.13. The van der Waals surface area contributed by atoms with E-state index in [1.54, 1.807) is 30.3 Å². The maximum absolute atomic E-state index is 12.1. The first-order valence-electron chi connectivity index (χ1n) is 6.12. The van der Waals surface area contributed by atoms with Gasteiger partial charge in [0.2, 0.25) is 5.91 Å². The van der Waals surface area contributed by atoms with E-state index in [2.05, 4.69) is 21.2 Å². The lowest BCUT2D eigenvalue weighted by molar-refractivity contribution is -0.117. The van der Waals surface area contributed by atoms with Gasteiger partial charge in [-0.25, -0.2) is 4.79 Å². The Morgan fingerprint density at radius 3 is 2.43 bits per heavy atom. The van der Waals surface area contributed by atoms with Crippen LogP contribution in [0.15, 0.2) is 53.0 Å². The van der Waals surface area contributed by atoms with Gasteiger partial charge in [-0.05, 0) is 23.8 Å². The van der Waals surface area contributed by atoms with Crippen LogP contribution in [-0.4, -0.2) is 17.0 Å². The first kappa shape index (κ1) is 15.2. The van der Waals surface area contributed by atoms with Crippen LogP contribution in [0.4, 0.5) is 5.69 Å². The van der Waals surface area contributed by atoms with Gasteiger partial charge in [-0.15, -0.1) is 0 Å². The number of carboxylic acids is 1. The average Bonchev–Trinajstić information content (AvgIpc) is 2.46. The van der Waals surface area contributed by atoms with E-state index in [9.17, 15) is 9.59 Å². The first-order chi connectivity index (χ1) is 9.97.